The Balaban J connectivity index is 1.74. The van der Waals surface area contributed by atoms with Gasteiger partial charge in [0.05, 0.1) is 0 Å². The Bertz CT molecular complexity index is 938. The van der Waals surface area contributed by atoms with Gasteiger partial charge in [-0.2, -0.15) is 0 Å². The molecule has 3 aromatic carbocycles. The zero-order valence-electron chi connectivity index (χ0n) is 16.2. The molecular weight excluding hydrogens is 314 g/mol. The van der Waals surface area contributed by atoms with Crippen LogP contribution in [0, 0.1) is 12.8 Å². The quantitative estimate of drug-likeness (QED) is 0.419. The third kappa shape index (κ3) is 3.03. The van der Waals surface area contributed by atoms with Gasteiger partial charge >= 0.3 is 0 Å². The van der Waals surface area contributed by atoms with E-state index in [1.165, 1.54) is 44.6 Å². The third-order valence-corrected chi connectivity index (χ3v) is 5.38. The highest BCUT2D eigenvalue weighted by molar-refractivity contribution is 5.83. The smallest absolute Gasteiger partial charge is 0.0370 e. The molecule has 0 amide bonds. The number of fused-ring (bicyclic) bond motifs is 3. The van der Waals surface area contributed by atoms with Crippen LogP contribution in [0.4, 0.5) is 5.69 Å². The predicted molar refractivity (Wildman–Crippen MR) is 113 cm³/mol. The Morgan fingerprint density at radius 2 is 1.58 bits per heavy atom. The van der Waals surface area contributed by atoms with Crippen molar-refractivity contribution < 1.29 is 0 Å². The molecule has 0 N–H and O–H groups in total. The van der Waals surface area contributed by atoms with Gasteiger partial charge in [-0.05, 0) is 76.4 Å². The summed E-state index contributed by atoms with van der Waals surface area (Å²) in [4.78, 5) is 2.37. The summed E-state index contributed by atoms with van der Waals surface area (Å²) in [6, 6.07) is 22.5. The van der Waals surface area contributed by atoms with Crippen molar-refractivity contribution in [2.24, 2.45) is 5.92 Å². The van der Waals surface area contributed by atoms with Crippen LogP contribution in [-0.4, -0.2) is 13.6 Å². The average molecular weight is 341 g/mol. The maximum absolute atomic E-state index is 2.40. The molecule has 0 aliphatic heterocycles. The van der Waals surface area contributed by atoms with Crippen molar-refractivity contribution in [3.63, 3.8) is 0 Å². The first-order valence-corrected chi connectivity index (χ1v) is 9.56. The molecule has 0 saturated heterocycles. The summed E-state index contributed by atoms with van der Waals surface area (Å²) in [5, 5.41) is 0. The first kappa shape index (κ1) is 16.9. The molecule has 26 heavy (non-hydrogen) atoms. The van der Waals surface area contributed by atoms with Gasteiger partial charge in [-0.15, -0.1) is 0 Å². The Hall–Kier alpha value is -2.54. The molecule has 3 aromatic rings. The van der Waals surface area contributed by atoms with Crippen LogP contribution in [0.2, 0.25) is 0 Å². The molecule has 132 valence electrons. The number of hydrogen-bond acceptors (Lipinski definition) is 1. The molecule has 1 nitrogen and oxygen atoms in total. The zero-order chi connectivity index (χ0) is 18.3. The van der Waals surface area contributed by atoms with Crippen molar-refractivity contribution in [2.45, 2.75) is 27.2 Å². The topological polar surface area (TPSA) is 3.24 Å². The normalized spacial score (nSPS) is 12.2. The fourth-order valence-corrected chi connectivity index (χ4v) is 4.14. The third-order valence-electron chi connectivity index (χ3n) is 5.38. The Morgan fingerprint density at radius 1 is 0.846 bits per heavy atom. The molecule has 1 heteroatoms. The van der Waals surface area contributed by atoms with E-state index in [2.05, 4.69) is 93.4 Å². The minimum absolute atomic E-state index is 0.663. The lowest BCUT2D eigenvalue weighted by molar-refractivity contribution is 0.638. The molecule has 0 spiro atoms. The van der Waals surface area contributed by atoms with Crippen molar-refractivity contribution in [2.75, 3.05) is 18.5 Å². The highest BCUT2D eigenvalue weighted by Crippen LogP contribution is 2.41. The molecule has 0 saturated carbocycles. The van der Waals surface area contributed by atoms with Gasteiger partial charge in [-0.25, -0.2) is 0 Å². The van der Waals surface area contributed by atoms with Crippen LogP contribution >= 0.6 is 0 Å². The Labute approximate surface area is 157 Å². The monoisotopic (exact) mass is 341 g/mol. The number of benzene rings is 3. The number of nitrogens with zero attached hydrogens (tertiary/aromatic N) is 1. The lowest BCUT2D eigenvalue weighted by atomic mass is 9.94. The fourth-order valence-electron chi connectivity index (χ4n) is 4.14. The second kappa shape index (κ2) is 6.64. The molecule has 0 heterocycles. The molecule has 0 radical (unpaired) electrons. The summed E-state index contributed by atoms with van der Waals surface area (Å²) in [5.74, 6) is 0.663. The lowest BCUT2D eigenvalue weighted by Crippen LogP contribution is -2.22. The van der Waals surface area contributed by atoms with Crippen LogP contribution < -0.4 is 4.90 Å². The molecule has 1 aliphatic carbocycles. The van der Waals surface area contributed by atoms with E-state index in [4.69, 9.17) is 0 Å². The van der Waals surface area contributed by atoms with Crippen molar-refractivity contribution in [3.8, 4) is 22.3 Å². The van der Waals surface area contributed by atoms with Crippen LogP contribution in [0.25, 0.3) is 22.3 Å². The van der Waals surface area contributed by atoms with E-state index in [-0.39, 0.29) is 0 Å². The van der Waals surface area contributed by atoms with E-state index in [0.717, 1.165) is 13.0 Å². The lowest BCUT2D eigenvalue weighted by Gasteiger charge is -2.22. The second-order valence-corrected chi connectivity index (χ2v) is 7.98. The van der Waals surface area contributed by atoms with Gasteiger partial charge in [-0.1, -0.05) is 56.3 Å². The first-order chi connectivity index (χ1) is 12.5. The zero-order valence-corrected chi connectivity index (χ0v) is 16.2. The van der Waals surface area contributed by atoms with Crippen LogP contribution in [0.5, 0.6) is 0 Å². The Kier molecular flexibility index (Phi) is 4.32. The Morgan fingerprint density at radius 3 is 2.31 bits per heavy atom. The maximum Gasteiger partial charge on any atom is 0.0370 e. The van der Waals surface area contributed by atoms with Gasteiger partial charge in [0.25, 0.3) is 0 Å². The predicted octanol–water partition coefficient (Wildman–Crippen LogP) is 6.33. The minimum Gasteiger partial charge on any atom is -0.374 e. The van der Waals surface area contributed by atoms with Crippen molar-refractivity contribution in [1.29, 1.82) is 0 Å². The van der Waals surface area contributed by atoms with Gasteiger partial charge in [-0.3, -0.25) is 0 Å². The highest BCUT2D eigenvalue weighted by Gasteiger charge is 2.21. The SMILES string of the molecule is Cc1cc2c(cc1-c1ccccc1)Cc1ccc(N(C)CC(C)C)cc1-2. The van der Waals surface area contributed by atoms with E-state index in [1.54, 1.807) is 0 Å². The van der Waals surface area contributed by atoms with Crippen LogP contribution in [0.3, 0.4) is 0 Å². The summed E-state index contributed by atoms with van der Waals surface area (Å²) in [5.41, 5.74) is 11.1. The maximum atomic E-state index is 2.40. The molecule has 0 bridgehead atoms. The van der Waals surface area contributed by atoms with Gasteiger partial charge in [0.1, 0.15) is 0 Å². The van der Waals surface area contributed by atoms with E-state index in [9.17, 15) is 0 Å². The van der Waals surface area contributed by atoms with E-state index in [0.29, 0.717) is 5.92 Å². The molecule has 0 aromatic heterocycles. The summed E-state index contributed by atoms with van der Waals surface area (Å²) >= 11 is 0. The van der Waals surface area contributed by atoms with Crippen molar-refractivity contribution in [3.05, 3.63) is 77.4 Å². The molecule has 4 rings (SSSR count). The molecule has 0 fully saturated rings. The van der Waals surface area contributed by atoms with Crippen LogP contribution in [0.15, 0.2) is 60.7 Å². The average Bonchev–Trinajstić information content (AvgIpc) is 2.98. The molecule has 1 aliphatic rings. The number of anilines is 1. The fraction of sp³-hybridized carbons (Fsp3) is 0.280. The van der Waals surface area contributed by atoms with Gasteiger partial charge in [0, 0.05) is 19.3 Å². The summed E-state index contributed by atoms with van der Waals surface area (Å²) in [6.45, 7) is 7.86. The summed E-state index contributed by atoms with van der Waals surface area (Å²) in [7, 11) is 2.20. The van der Waals surface area contributed by atoms with Crippen molar-refractivity contribution in [1.82, 2.24) is 0 Å². The minimum atomic E-state index is 0.663. The van der Waals surface area contributed by atoms with Crippen LogP contribution in [-0.2, 0) is 6.42 Å². The highest BCUT2D eigenvalue weighted by atomic mass is 15.1. The molecule has 0 unspecified atom stereocenters. The molecule has 0 atom stereocenters. The van der Waals surface area contributed by atoms with E-state index in [1.807, 2.05) is 0 Å². The van der Waals surface area contributed by atoms with Crippen molar-refractivity contribution >= 4 is 5.69 Å². The van der Waals surface area contributed by atoms with Gasteiger partial charge in [0.15, 0.2) is 0 Å². The largest absolute Gasteiger partial charge is 0.374 e. The second-order valence-electron chi connectivity index (χ2n) is 7.98. The van der Waals surface area contributed by atoms with E-state index >= 15 is 0 Å². The first-order valence-electron chi connectivity index (χ1n) is 9.56. The van der Waals surface area contributed by atoms with Gasteiger partial charge < -0.3 is 4.90 Å². The summed E-state index contributed by atoms with van der Waals surface area (Å²) in [6.07, 6.45) is 1.04. The number of aryl methyl sites for hydroxylation is 1. The summed E-state index contributed by atoms with van der Waals surface area (Å²) < 4.78 is 0. The molecular formula is C25H27N. The number of hydrogen-bond donors (Lipinski definition) is 0. The standard InChI is InChI=1S/C25H27N/c1-17(2)16-26(4)22-11-10-20-13-21-14-23(19-8-6-5-7-9-19)18(3)12-24(21)25(20)15-22/h5-12,14-15,17H,13,16H2,1-4H3. The van der Waals surface area contributed by atoms with Crippen LogP contribution in [0.1, 0.15) is 30.5 Å². The number of rotatable bonds is 4. The van der Waals surface area contributed by atoms with E-state index < -0.39 is 0 Å². The van der Waals surface area contributed by atoms with Gasteiger partial charge in [0.2, 0.25) is 0 Å².